The summed E-state index contributed by atoms with van der Waals surface area (Å²) < 4.78 is 8.99. The third-order valence-corrected chi connectivity index (χ3v) is 5.19. The minimum atomic E-state index is -1.22. The maximum atomic E-state index is 12.4. The van der Waals surface area contributed by atoms with Crippen molar-refractivity contribution >= 4 is 22.9 Å². The number of nitrogens with two attached hydrogens (primary N) is 1. The van der Waals surface area contributed by atoms with Crippen molar-refractivity contribution in [2.45, 2.75) is 51.3 Å². The van der Waals surface area contributed by atoms with E-state index in [1.165, 1.54) is 12.7 Å². The lowest BCUT2D eigenvalue weighted by Crippen LogP contribution is -2.60. The van der Waals surface area contributed by atoms with Crippen LogP contribution < -0.4 is 11.1 Å². The first-order chi connectivity index (χ1) is 14.3. The molecule has 1 amide bonds. The highest BCUT2D eigenvalue weighted by molar-refractivity contribution is 5.81. The predicted molar refractivity (Wildman–Crippen MR) is 105 cm³/mol. The molecule has 3 aromatic rings. The summed E-state index contributed by atoms with van der Waals surface area (Å²) in [6.45, 7) is 3.96. The van der Waals surface area contributed by atoms with Gasteiger partial charge in [0, 0.05) is 5.69 Å². The Morgan fingerprint density at radius 2 is 2.10 bits per heavy atom. The van der Waals surface area contributed by atoms with Gasteiger partial charge in [-0.1, -0.05) is 0 Å². The van der Waals surface area contributed by atoms with Crippen LogP contribution in [0.4, 0.5) is 5.82 Å². The molecule has 160 valence electrons. The number of nitrogen functional groups attached to an aromatic ring is 1. The van der Waals surface area contributed by atoms with E-state index < -0.39 is 24.4 Å². The van der Waals surface area contributed by atoms with Crippen molar-refractivity contribution in [3.8, 4) is 0 Å². The van der Waals surface area contributed by atoms with Crippen molar-refractivity contribution in [1.29, 1.82) is 0 Å². The fourth-order valence-corrected chi connectivity index (χ4v) is 3.66. The normalized spacial score (nSPS) is 24.3. The Morgan fingerprint density at radius 3 is 2.83 bits per heavy atom. The monoisotopic (exact) mass is 416 g/mol. The number of aliphatic hydroxyl groups excluding tert-OH is 2. The second-order valence-corrected chi connectivity index (χ2v) is 7.44. The molecule has 0 aliphatic carbocycles. The lowest BCUT2D eigenvalue weighted by Gasteiger charge is -2.38. The van der Waals surface area contributed by atoms with Crippen LogP contribution in [0.3, 0.4) is 0 Å². The Balaban J connectivity index is 1.39. The van der Waals surface area contributed by atoms with Gasteiger partial charge in [0.15, 0.2) is 11.5 Å². The van der Waals surface area contributed by atoms with Crippen LogP contribution in [0.5, 0.6) is 0 Å². The van der Waals surface area contributed by atoms with Crippen molar-refractivity contribution in [2.24, 2.45) is 0 Å². The summed E-state index contributed by atoms with van der Waals surface area (Å²) in [5.41, 5.74) is 8.54. The Morgan fingerprint density at radius 1 is 1.30 bits per heavy atom. The molecule has 12 nitrogen and oxygen atoms in total. The quantitative estimate of drug-likeness (QED) is 0.388. The molecule has 1 saturated heterocycles. The zero-order valence-corrected chi connectivity index (χ0v) is 16.6. The number of carbonyl (C=O) groups is 1. The maximum absolute atomic E-state index is 12.4. The van der Waals surface area contributed by atoms with Gasteiger partial charge in [0.1, 0.15) is 36.7 Å². The van der Waals surface area contributed by atoms with Crippen molar-refractivity contribution in [3.05, 3.63) is 30.1 Å². The van der Waals surface area contributed by atoms with Crippen LogP contribution in [0.15, 0.2) is 18.7 Å². The SMILES string of the molecule is Cc1cc(C)n(CC(=O)N[C@@H]2CO[C@H](Cn3cnc4ncnc(N)c43)[C@@H](O)[C@H]2O)n1. The summed E-state index contributed by atoms with van der Waals surface area (Å²) in [5, 5.41) is 28.0. The highest BCUT2D eigenvalue weighted by atomic mass is 16.5. The number of nitrogens with one attached hydrogen (secondary N) is 1. The minimum absolute atomic E-state index is 0.0166. The van der Waals surface area contributed by atoms with Crippen molar-refractivity contribution < 1.29 is 19.7 Å². The van der Waals surface area contributed by atoms with Gasteiger partial charge >= 0.3 is 0 Å². The fraction of sp³-hybridized carbons (Fsp3) is 0.500. The molecule has 0 bridgehead atoms. The molecular weight excluding hydrogens is 392 g/mol. The van der Waals surface area contributed by atoms with Gasteiger partial charge in [0.25, 0.3) is 0 Å². The third kappa shape index (κ3) is 3.84. The van der Waals surface area contributed by atoms with Gasteiger partial charge in [-0.15, -0.1) is 0 Å². The Bertz CT molecular complexity index is 1060. The first kappa shape index (κ1) is 20.2. The van der Waals surface area contributed by atoms with Gasteiger partial charge in [-0.3, -0.25) is 9.48 Å². The Kier molecular flexibility index (Phi) is 5.37. The smallest absolute Gasteiger partial charge is 0.242 e. The summed E-state index contributed by atoms with van der Waals surface area (Å²) in [4.78, 5) is 24.5. The Labute approximate surface area is 171 Å². The molecule has 4 atom stereocenters. The number of aryl methyl sites for hydroxylation is 2. The number of aromatic nitrogens is 6. The number of rotatable bonds is 5. The molecule has 1 aliphatic rings. The number of carbonyl (C=O) groups excluding carboxylic acids is 1. The van der Waals surface area contributed by atoms with Crippen LogP contribution in [0.25, 0.3) is 11.2 Å². The number of fused-ring (bicyclic) bond motifs is 1. The fourth-order valence-electron chi connectivity index (χ4n) is 3.66. The molecule has 12 heteroatoms. The average Bonchev–Trinajstić information content (AvgIpc) is 3.25. The number of ether oxygens (including phenoxy) is 1. The molecular formula is C18H24N8O4. The van der Waals surface area contributed by atoms with Gasteiger partial charge in [0.05, 0.1) is 31.2 Å². The zero-order chi connectivity index (χ0) is 21.4. The third-order valence-electron chi connectivity index (χ3n) is 5.19. The van der Waals surface area contributed by atoms with E-state index >= 15 is 0 Å². The van der Waals surface area contributed by atoms with Gasteiger partial charge in [-0.25, -0.2) is 15.0 Å². The highest BCUT2D eigenvalue weighted by Crippen LogP contribution is 2.21. The molecule has 0 spiro atoms. The van der Waals surface area contributed by atoms with Gasteiger partial charge in [0.2, 0.25) is 5.91 Å². The summed E-state index contributed by atoms with van der Waals surface area (Å²) in [6, 6.07) is 1.13. The van der Waals surface area contributed by atoms with E-state index in [4.69, 9.17) is 10.5 Å². The summed E-state index contributed by atoms with van der Waals surface area (Å²) in [5.74, 6) is -0.0670. The summed E-state index contributed by atoms with van der Waals surface area (Å²) in [7, 11) is 0. The number of hydrogen-bond donors (Lipinski definition) is 4. The largest absolute Gasteiger partial charge is 0.388 e. The molecule has 1 fully saturated rings. The van der Waals surface area contributed by atoms with Crippen LogP contribution in [-0.2, 0) is 22.6 Å². The van der Waals surface area contributed by atoms with E-state index in [0.717, 1.165) is 11.4 Å². The maximum Gasteiger partial charge on any atom is 0.242 e. The van der Waals surface area contributed by atoms with Crippen molar-refractivity contribution in [2.75, 3.05) is 12.3 Å². The van der Waals surface area contributed by atoms with Crippen LogP contribution >= 0.6 is 0 Å². The van der Waals surface area contributed by atoms with Crippen LogP contribution in [-0.4, -0.2) is 76.4 Å². The van der Waals surface area contributed by atoms with E-state index in [0.29, 0.717) is 11.2 Å². The second-order valence-electron chi connectivity index (χ2n) is 7.44. The van der Waals surface area contributed by atoms with E-state index in [9.17, 15) is 15.0 Å². The molecule has 0 aromatic carbocycles. The lowest BCUT2D eigenvalue weighted by atomic mass is 9.98. The lowest BCUT2D eigenvalue weighted by molar-refractivity contribution is -0.158. The molecule has 3 aromatic heterocycles. The number of aliphatic hydroxyl groups is 2. The second kappa shape index (κ2) is 7.97. The predicted octanol–water partition coefficient (Wildman–Crippen LogP) is -1.47. The molecule has 5 N–H and O–H groups in total. The molecule has 0 saturated carbocycles. The standard InChI is InChI=1S/C18H24N8O4/c1-9-3-10(2)26(24-9)5-13(27)23-11-6-30-12(16(29)15(11)28)4-25-8-22-18-14(25)17(19)20-7-21-18/h3,7-8,11-12,15-16,28-29H,4-6H2,1-2H3,(H,23,27)(H2,19,20,21)/t11-,12-,15+,16-/m1/s1. The topological polar surface area (TPSA) is 166 Å². The molecule has 0 radical (unpaired) electrons. The number of anilines is 1. The van der Waals surface area contributed by atoms with Gasteiger partial charge in [-0.2, -0.15) is 5.10 Å². The first-order valence-electron chi connectivity index (χ1n) is 9.53. The number of amides is 1. The van der Waals surface area contributed by atoms with E-state index in [2.05, 4.69) is 25.4 Å². The number of nitrogens with zero attached hydrogens (tertiary/aromatic N) is 6. The molecule has 4 heterocycles. The number of hydrogen-bond acceptors (Lipinski definition) is 9. The number of imidazole rings is 1. The van der Waals surface area contributed by atoms with Crippen LogP contribution in [0.1, 0.15) is 11.4 Å². The molecule has 4 rings (SSSR count). The summed E-state index contributed by atoms with van der Waals surface area (Å²) >= 11 is 0. The first-order valence-corrected chi connectivity index (χ1v) is 9.53. The highest BCUT2D eigenvalue weighted by Gasteiger charge is 2.39. The van der Waals surface area contributed by atoms with Gasteiger partial charge < -0.3 is 30.6 Å². The van der Waals surface area contributed by atoms with E-state index in [1.807, 2.05) is 19.9 Å². The average molecular weight is 416 g/mol. The summed E-state index contributed by atoms with van der Waals surface area (Å²) in [6.07, 6.45) is -0.288. The van der Waals surface area contributed by atoms with E-state index in [-0.39, 0.29) is 31.4 Å². The molecule has 0 unspecified atom stereocenters. The van der Waals surface area contributed by atoms with Gasteiger partial charge in [-0.05, 0) is 19.9 Å². The molecule has 1 aliphatic heterocycles. The molecule has 30 heavy (non-hydrogen) atoms. The Hall–Kier alpha value is -3.09. The zero-order valence-electron chi connectivity index (χ0n) is 16.6. The van der Waals surface area contributed by atoms with Crippen molar-refractivity contribution in [3.63, 3.8) is 0 Å². The van der Waals surface area contributed by atoms with Crippen LogP contribution in [0, 0.1) is 13.8 Å². The van der Waals surface area contributed by atoms with Crippen molar-refractivity contribution in [1.82, 2.24) is 34.6 Å². The van der Waals surface area contributed by atoms with E-state index in [1.54, 1.807) is 9.25 Å². The minimum Gasteiger partial charge on any atom is -0.388 e. The van der Waals surface area contributed by atoms with Crippen LogP contribution in [0.2, 0.25) is 0 Å².